The van der Waals surface area contributed by atoms with Gasteiger partial charge in [-0.3, -0.25) is 19.5 Å². The third kappa shape index (κ3) is 4.31. The van der Waals surface area contributed by atoms with E-state index in [0.29, 0.717) is 17.4 Å². The van der Waals surface area contributed by atoms with E-state index >= 15 is 0 Å². The summed E-state index contributed by atoms with van der Waals surface area (Å²) in [5.41, 5.74) is -0.989. The van der Waals surface area contributed by atoms with Crippen LogP contribution in [0.3, 0.4) is 0 Å². The second-order valence-corrected chi connectivity index (χ2v) is 10.3. The van der Waals surface area contributed by atoms with Gasteiger partial charge in [-0.1, -0.05) is 12.1 Å². The average Bonchev–Trinajstić information content (AvgIpc) is 3.53. The molecule has 42 heavy (non-hydrogen) atoms. The molecule has 1 aliphatic carbocycles. The molecular formula is C30H30N4O8. The summed E-state index contributed by atoms with van der Waals surface area (Å²) in [7, 11) is 3.09. The number of aromatic nitrogens is 3. The number of H-pyrrole nitrogens is 1. The van der Waals surface area contributed by atoms with Crippen molar-refractivity contribution in [1.82, 2.24) is 20.5 Å². The molecule has 0 bridgehead atoms. The lowest BCUT2D eigenvalue weighted by Gasteiger charge is -2.29. The fraction of sp³-hybridized carbons (Fsp3) is 0.300. The van der Waals surface area contributed by atoms with Crippen molar-refractivity contribution in [2.45, 2.75) is 45.8 Å². The first-order chi connectivity index (χ1) is 19.9. The van der Waals surface area contributed by atoms with Gasteiger partial charge in [-0.15, -0.1) is 0 Å². The predicted octanol–water partition coefficient (Wildman–Crippen LogP) is 3.22. The Labute approximate surface area is 241 Å². The van der Waals surface area contributed by atoms with Gasteiger partial charge in [0.1, 0.15) is 52.4 Å². The molecule has 1 aliphatic heterocycles. The summed E-state index contributed by atoms with van der Waals surface area (Å²) in [5.74, 6) is -1.37. The lowest BCUT2D eigenvalue weighted by molar-refractivity contribution is -0.123. The Morgan fingerprint density at radius 1 is 1.14 bits per heavy atom. The van der Waals surface area contributed by atoms with E-state index in [2.05, 4.69) is 20.5 Å². The molecule has 0 amide bonds. The number of nitrogens with zero attached hydrogens (tertiary/aromatic N) is 2. The molecule has 2 aliphatic rings. The lowest BCUT2D eigenvalue weighted by Crippen LogP contribution is -2.41. The molecule has 5 rings (SSSR count). The molecule has 1 aromatic heterocycles. The smallest absolute Gasteiger partial charge is 0.194 e. The molecule has 0 saturated heterocycles. The summed E-state index contributed by atoms with van der Waals surface area (Å²) in [5, 5.41) is 32.0. The van der Waals surface area contributed by atoms with Crippen LogP contribution in [0.4, 0.5) is 0 Å². The highest BCUT2D eigenvalue weighted by Gasteiger charge is 2.56. The van der Waals surface area contributed by atoms with Crippen LogP contribution in [-0.2, 0) is 26.3 Å². The van der Waals surface area contributed by atoms with Crippen molar-refractivity contribution >= 4 is 17.3 Å². The molecule has 0 unspecified atom stereocenters. The second kappa shape index (κ2) is 10.5. The first-order valence-electron chi connectivity index (χ1n) is 13.0. The summed E-state index contributed by atoms with van der Waals surface area (Å²) in [6, 6.07) is 6.46. The number of aromatic amines is 1. The van der Waals surface area contributed by atoms with Crippen LogP contribution in [0.1, 0.15) is 65.5 Å². The van der Waals surface area contributed by atoms with Crippen LogP contribution < -0.4 is 14.8 Å². The molecule has 0 radical (unpaired) electrons. The number of aromatic hydroxyl groups is 2. The number of phenolic OH excluding ortho intramolecular Hbond substituents is 2. The van der Waals surface area contributed by atoms with Crippen LogP contribution in [0.5, 0.6) is 23.0 Å². The van der Waals surface area contributed by atoms with Crippen LogP contribution >= 0.6 is 0 Å². The molecule has 2 heterocycles. The van der Waals surface area contributed by atoms with E-state index < -0.39 is 40.3 Å². The third-order valence-electron chi connectivity index (χ3n) is 7.66. The van der Waals surface area contributed by atoms with Gasteiger partial charge in [0.15, 0.2) is 29.0 Å². The minimum atomic E-state index is -1.64. The number of ether oxygens (including phenoxy) is 3. The molecule has 3 aromatic rings. The second-order valence-electron chi connectivity index (χ2n) is 10.3. The van der Waals surface area contributed by atoms with Gasteiger partial charge < -0.3 is 29.7 Å². The highest BCUT2D eigenvalue weighted by atomic mass is 16.5. The number of benzene rings is 2. The van der Waals surface area contributed by atoms with Crippen LogP contribution in [0.15, 0.2) is 47.4 Å². The molecule has 12 heteroatoms. The molecule has 2 atom stereocenters. The summed E-state index contributed by atoms with van der Waals surface area (Å²) < 4.78 is 16.3. The molecule has 0 saturated carbocycles. The van der Waals surface area contributed by atoms with Crippen LogP contribution in [0.2, 0.25) is 0 Å². The number of ketones is 3. The highest BCUT2D eigenvalue weighted by molar-refractivity contribution is 6.31. The summed E-state index contributed by atoms with van der Waals surface area (Å²) >= 11 is 0. The van der Waals surface area contributed by atoms with Crippen molar-refractivity contribution in [3.63, 3.8) is 0 Å². The van der Waals surface area contributed by atoms with Crippen molar-refractivity contribution in [2.75, 3.05) is 14.2 Å². The molecule has 0 spiro atoms. The lowest BCUT2D eigenvalue weighted by atomic mass is 9.70. The Morgan fingerprint density at radius 3 is 2.45 bits per heavy atom. The van der Waals surface area contributed by atoms with Crippen molar-refractivity contribution in [3.8, 4) is 23.0 Å². The topological polar surface area (TPSA) is 173 Å². The number of methoxy groups -OCH3 is 2. The van der Waals surface area contributed by atoms with Gasteiger partial charge in [-0.2, -0.15) is 5.10 Å². The number of carbonyl (C=O) groups excluding carboxylic acids is 3. The average molecular weight is 575 g/mol. The summed E-state index contributed by atoms with van der Waals surface area (Å²) in [4.78, 5) is 44.6. The minimum Gasteiger partial charge on any atom is -0.507 e. The SMILES string of the molecule is COCc1nc([C@@H](N/C(C)=C2\C(=O)C=C3Oc4c(C(C)=O)c(O)c(C)c(O)c4[C@@]3(C)C2=O)c2ccc(OC)cc2)n[nH]1. The Bertz CT molecular complexity index is 1700. The highest BCUT2D eigenvalue weighted by Crippen LogP contribution is 2.57. The maximum absolute atomic E-state index is 14.2. The number of hydrogen-bond donors (Lipinski definition) is 4. The Hall–Kier alpha value is -4.97. The van der Waals surface area contributed by atoms with Crippen molar-refractivity contribution in [2.24, 2.45) is 0 Å². The molecule has 0 fully saturated rings. The van der Waals surface area contributed by atoms with E-state index in [1.807, 2.05) is 12.1 Å². The van der Waals surface area contributed by atoms with Gasteiger partial charge in [0.25, 0.3) is 0 Å². The number of rotatable bonds is 8. The van der Waals surface area contributed by atoms with Crippen LogP contribution in [0, 0.1) is 6.92 Å². The number of fused-ring (bicyclic) bond motifs is 3. The summed E-state index contributed by atoms with van der Waals surface area (Å²) in [6.07, 6.45) is 1.17. The minimum absolute atomic E-state index is 0.0157. The molecular weight excluding hydrogens is 544 g/mol. The zero-order valence-electron chi connectivity index (χ0n) is 23.9. The van der Waals surface area contributed by atoms with Gasteiger partial charge in [0.05, 0.1) is 18.2 Å². The Morgan fingerprint density at radius 2 is 1.83 bits per heavy atom. The third-order valence-corrected chi connectivity index (χ3v) is 7.66. The number of Topliss-reactive ketones (excluding diaryl/α,β-unsaturated/α-hetero) is 2. The Kier molecular flexibility index (Phi) is 7.11. The number of allylic oxidation sites excluding steroid dienone is 4. The van der Waals surface area contributed by atoms with E-state index in [1.165, 1.54) is 34.0 Å². The summed E-state index contributed by atoms with van der Waals surface area (Å²) in [6.45, 7) is 5.97. The van der Waals surface area contributed by atoms with E-state index in [-0.39, 0.29) is 46.1 Å². The number of nitrogens with one attached hydrogen (secondary N) is 2. The standard InChI is InChI=1S/C30H30N4O8/c1-13-25(37)22(15(3)35)27-23(26(13)38)30(4)19(42-27)11-18(36)21(28(30)39)14(2)31-24(16-7-9-17(41-6)10-8-16)29-32-20(12-40-5)33-34-29/h7-11,24,31,37-38H,12H2,1-6H3,(H,32,33,34)/b21-14+/t24-,30-/m0/s1. The fourth-order valence-corrected chi connectivity index (χ4v) is 5.38. The van der Waals surface area contributed by atoms with E-state index in [4.69, 9.17) is 14.2 Å². The first kappa shape index (κ1) is 28.6. The molecule has 2 aromatic carbocycles. The van der Waals surface area contributed by atoms with Crippen molar-refractivity contribution in [1.29, 1.82) is 0 Å². The van der Waals surface area contributed by atoms with Crippen LogP contribution in [-0.4, -0.2) is 57.0 Å². The monoisotopic (exact) mass is 574 g/mol. The van der Waals surface area contributed by atoms with E-state index in [9.17, 15) is 24.6 Å². The van der Waals surface area contributed by atoms with Gasteiger partial charge >= 0.3 is 0 Å². The zero-order chi connectivity index (χ0) is 30.5. The van der Waals surface area contributed by atoms with Crippen LogP contribution in [0.25, 0.3) is 0 Å². The van der Waals surface area contributed by atoms with Crippen molar-refractivity contribution in [3.05, 3.63) is 81.3 Å². The molecule has 4 N–H and O–H groups in total. The predicted molar refractivity (Wildman–Crippen MR) is 148 cm³/mol. The molecule has 12 nitrogen and oxygen atoms in total. The van der Waals surface area contributed by atoms with Gasteiger partial charge in [0.2, 0.25) is 0 Å². The number of hydrogen-bond acceptors (Lipinski definition) is 11. The largest absolute Gasteiger partial charge is 0.507 e. The number of carbonyl (C=O) groups is 3. The van der Waals surface area contributed by atoms with Gasteiger partial charge in [0, 0.05) is 24.4 Å². The normalized spacial score (nSPS) is 19.4. The van der Waals surface area contributed by atoms with Gasteiger partial charge in [-0.25, -0.2) is 4.98 Å². The fourth-order valence-electron chi connectivity index (χ4n) is 5.38. The molecule has 218 valence electrons. The van der Waals surface area contributed by atoms with Gasteiger partial charge in [-0.05, 0) is 45.4 Å². The maximum Gasteiger partial charge on any atom is 0.194 e. The maximum atomic E-state index is 14.2. The van der Waals surface area contributed by atoms with Crippen molar-refractivity contribution < 1.29 is 38.8 Å². The Balaban J connectivity index is 1.62. The quantitative estimate of drug-likeness (QED) is 0.177. The first-order valence-corrected chi connectivity index (χ1v) is 13.0. The van der Waals surface area contributed by atoms with E-state index in [1.54, 1.807) is 26.2 Å². The number of phenols is 2. The van der Waals surface area contributed by atoms with E-state index in [0.717, 1.165) is 5.56 Å². The zero-order valence-corrected chi connectivity index (χ0v) is 23.9.